The van der Waals surface area contributed by atoms with E-state index in [1.165, 1.54) is 12.1 Å². The van der Waals surface area contributed by atoms with Crippen molar-refractivity contribution < 1.29 is 14.4 Å². The maximum absolute atomic E-state index is 10.9. The third-order valence-electron chi connectivity index (χ3n) is 2.81. The third-order valence-corrected chi connectivity index (χ3v) is 2.81. The minimum absolute atomic E-state index is 0.182. The molecule has 20 heavy (non-hydrogen) atoms. The molecule has 0 bridgehead atoms. The second kappa shape index (κ2) is 4.97. The van der Waals surface area contributed by atoms with Gasteiger partial charge in [-0.1, -0.05) is 41.6 Å². The molecule has 0 fully saturated rings. The lowest BCUT2D eigenvalue weighted by atomic mass is 10.1. The van der Waals surface area contributed by atoms with Gasteiger partial charge in [0, 0.05) is 11.1 Å². The van der Waals surface area contributed by atoms with Crippen LogP contribution in [0.5, 0.6) is 0 Å². The smallest absolute Gasteiger partial charge is 0.335 e. The first kappa shape index (κ1) is 12.1. The molecule has 0 amide bonds. The zero-order valence-corrected chi connectivity index (χ0v) is 10.4. The molecule has 1 aromatic heterocycles. The molecule has 0 saturated carbocycles. The van der Waals surface area contributed by atoms with E-state index >= 15 is 0 Å². The number of benzene rings is 2. The van der Waals surface area contributed by atoms with Crippen LogP contribution in [0.15, 0.2) is 59.1 Å². The first-order valence-electron chi connectivity index (χ1n) is 5.97. The minimum Gasteiger partial charge on any atom is -0.478 e. The Kier molecular flexibility index (Phi) is 3.01. The summed E-state index contributed by atoms with van der Waals surface area (Å²) in [6, 6.07) is 15.8. The van der Waals surface area contributed by atoms with E-state index < -0.39 is 5.97 Å². The Labute approximate surface area is 114 Å². The van der Waals surface area contributed by atoms with Crippen molar-refractivity contribution in [3.8, 4) is 22.8 Å². The average molecular weight is 266 g/mol. The molecule has 0 aliphatic carbocycles. The van der Waals surface area contributed by atoms with Gasteiger partial charge in [0.05, 0.1) is 5.56 Å². The van der Waals surface area contributed by atoms with Crippen molar-refractivity contribution in [1.82, 2.24) is 10.1 Å². The highest BCUT2D eigenvalue weighted by Crippen LogP contribution is 2.22. The summed E-state index contributed by atoms with van der Waals surface area (Å²) in [6.07, 6.45) is 0. The predicted molar refractivity (Wildman–Crippen MR) is 72.1 cm³/mol. The minimum atomic E-state index is -0.991. The summed E-state index contributed by atoms with van der Waals surface area (Å²) in [5.74, 6) is -0.220. The standard InChI is InChI=1S/C15H10N2O3/c18-15(19)12-8-4-7-11(9-12)14-16-13(17-20-14)10-5-2-1-3-6-10/h1-9H,(H,18,19). The van der Waals surface area contributed by atoms with Crippen LogP contribution in [0.3, 0.4) is 0 Å². The topological polar surface area (TPSA) is 76.2 Å². The Hall–Kier alpha value is -2.95. The van der Waals surface area contributed by atoms with E-state index in [1.54, 1.807) is 12.1 Å². The number of hydrogen-bond acceptors (Lipinski definition) is 4. The summed E-state index contributed by atoms with van der Waals surface area (Å²) >= 11 is 0. The van der Waals surface area contributed by atoms with Crippen molar-refractivity contribution in [3.05, 3.63) is 60.2 Å². The maximum Gasteiger partial charge on any atom is 0.335 e. The predicted octanol–water partition coefficient (Wildman–Crippen LogP) is 3.10. The van der Waals surface area contributed by atoms with Gasteiger partial charge in [-0.25, -0.2) is 4.79 Å². The summed E-state index contributed by atoms with van der Waals surface area (Å²) in [6.45, 7) is 0. The Bertz CT molecular complexity index is 751. The molecule has 0 saturated heterocycles. The fourth-order valence-electron chi connectivity index (χ4n) is 1.83. The summed E-state index contributed by atoms with van der Waals surface area (Å²) < 4.78 is 5.19. The molecule has 1 heterocycles. The zero-order valence-electron chi connectivity index (χ0n) is 10.4. The first-order chi connectivity index (χ1) is 9.74. The Morgan fingerprint density at radius 3 is 2.50 bits per heavy atom. The van der Waals surface area contributed by atoms with Crippen LogP contribution in [-0.2, 0) is 0 Å². The van der Waals surface area contributed by atoms with Gasteiger partial charge in [-0.05, 0) is 18.2 Å². The van der Waals surface area contributed by atoms with E-state index in [2.05, 4.69) is 10.1 Å². The number of carboxylic acid groups (broad SMARTS) is 1. The summed E-state index contributed by atoms with van der Waals surface area (Å²) in [4.78, 5) is 15.2. The van der Waals surface area contributed by atoms with Gasteiger partial charge in [0.15, 0.2) is 0 Å². The molecular weight excluding hydrogens is 256 g/mol. The largest absolute Gasteiger partial charge is 0.478 e. The monoisotopic (exact) mass is 266 g/mol. The van der Waals surface area contributed by atoms with Gasteiger partial charge in [-0.2, -0.15) is 4.98 Å². The molecule has 0 atom stereocenters. The molecule has 0 radical (unpaired) electrons. The molecule has 0 spiro atoms. The van der Waals surface area contributed by atoms with Crippen LogP contribution >= 0.6 is 0 Å². The molecule has 3 aromatic rings. The highest BCUT2D eigenvalue weighted by atomic mass is 16.5. The molecule has 5 nitrogen and oxygen atoms in total. The van der Waals surface area contributed by atoms with Crippen LogP contribution in [0.1, 0.15) is 10.4 Å². The molecule has 0 unspecified atom stereocenters. The van der Waals surface area contributed by atoms with Crippen molar-refractivity contribution in [2.24, 2.45) is 0 Å². The third kappa shape index (κ3) is 2.29. The van der Waals surface area contributed by atoms with Crippen LogP contribution in [0.2, 0.25) is 0 Å². The van der Waals surface area contributed by atoms with E-state index in [-0.39, 0.29) is 5.56 Å². The van der Waals surface area contributed by atoms with Gasteiger partial charge in [0.25, 0.3) is 5.89 Å². The second-order valence-electron chi connectivity index (χ2n) is 4.18. The first-order valence-corrected chi connectivity index (χ1v) is 5.97. The molecular formula is C15H10N2O3. The van der Waals surface area contributed by atoms with Crippen molar-refractivity contribution in [2.75, 3.05) is 0 Å². The number of aromatic carboxylic acids is 1. The van der Waals surface area contributed by atoms with E-state index in [1.807, 2.05) is 30.3 Å². The lowest BCUT2D eigenvalue weighted by Gasteiger charge is -1.96. The Morgan fingerprint density at radius 2 is 1.75 bits per heavy atom. The number of carbonyl (C=O) groups is 1. The number of aromatic nitrogens is 2. The zero-order chi connectivity index (χ0) is 13.9. The Balaban J connectivity index is 1.98. The van der Waals surface area contributed by atoms with Gasteiger partial charge in [0.2, 0.25) is 5.82 Å². The number of carboxylic acids is 1. The quantitative estimate of drug-likeness (QED) is 0.788. The number of nitrogens with zero attached hydrogens (tertiary/aromatic N) is 2. The normalized spacial score (nSPS) is 10.4. The van der Waals surface area contributed by atoms with Gasteiger partial charge in [0.1, 0.15) is 0 Å². The second-order valence-corrected chi connectivity index (χ2v) is 4.18. The molecule has 5 heteroatoms. The fourth-order valence-corrected chi connectivity index (χ4v) is 1.83. The highest BCUT2D eigenvalue weighted by Gasteiger charge is 2.12. The van der Waals surface area contributed by atoms with Crippen molar-refractivity contribution in [1.29, 1.82) is 0 Å². The molecule has 2 aromatic carbocycles. The van der Waals surface area contributed by atoms with Crippen LogP contribution in [0.25, 0.3) is 22.8 Å². The van der Waals surface area contributed by atoms with E-state index in [0.29, 0.717) is 17.3 Å². The van der Waals surface area contributed by atoms with E-state index in [4.69, 9.17) is 9.63 Å². The van der Waals surface area contributed by atoms with Crippen molar-refractivity contribution in [2.45, 2.75) is 0 Å². The van der Waals surface area contributed by atoms with E-state index in [0.717, 1.165) is 5.56 Å². The van der Waals surface area contributed by atoms with Gasteiger partial charge < -0.3 is 9.63 Å². The number of rotatable bonds is 3. The van der Waals surface area contributed by atoms with Crippen LogP contribution in [0.4, 0.5) is 0 Å². The van der Waals surface area contributed by atoms with Gasteiger partial charge in [-0.3, -0.25) is 0 Å². The lowest BCUT2D eigenvalue weighted by molar-refractivity contribution is 0.0697. The van der Waals surface area contributed by atoms with Gasteiger partial charge >= 0.3 is 5.97 Å². The Morgan fingerprint density at radius 1 is 1.00 bits per heavy atom. The van der Waals surface area contributed by atoms with Crippen LogP contribution in [-0.4, -0.2) is 21.2 Å². The maximum atomic E-state index is 10.9. The molecule has 0 aliphatic rings. The number of hydrogen-bond donors (Lipinski definition) is 1. The molecule has 1 N–H and O–H groups in total. The lowest BCUT2D eigenvalue weighted by Crippen LogP contribution is -1.95. The summed E-state index contributed by atoms with van der Waals surface area (Å²) in [5.41, 5.74) is 1.61. The highest BCUT2D eigenvalue weighted by molar-refractivity contribution is 5.89. The van der Waals surface area contributed by atoms with Gasteiger partial charge in [-0.15, -0.1) is 0 Å². The fraction of sp³-hybridized carbons (Fsp3) is 0. The molecule has 3 rings (SSSR count). The average Bonchev–Trinajstić information content (AvgIpc) is 2.98. The molecule has 0 aliphatic heterocycles. The summed E-state index contributed by atoms with van der Waals surface area (Å²) in [5, 5.41) is 12.9. The molecule has 98 valence electrons. The summed E-state index contributed by atoms with van der Waals surface area (Å²) in [7, 11) is 0. The van der Waals surface area contributed by atoms with Crippen molar-refractivity contribution in [3.63, 3.8) is 0 Å². The van der Waals surface area contributed by atoms with Crippen LogP contribution in [0, 0.1) is 0 Å². The SMILES string of the molecule is O=C(O)c1cccc(-c2nc(-c3ccccc3)no2)c1. The van der Waals surface area contributed by atoms with Crippen molar-refractivity contribution >= 4 is 5.97 Å². The van der Waals surface area contributed by atoms with Crippen LogP contribution < -0.4 is 0 Å². The van der Waals surface area contributed by atoms with E-state index in [9.17, 15) is 4.79 Å².